The van der Waals surface area contributed by atoms with E-state index in [1.807, 2.05) is 0 Å². The summed E-state index contributed by atoms with van der Waals surface area (Å²) in [4.78, 5) is 47.8. The number of carbonyl (C=O) groups is 3. The van der Waals surface area contributed by atoms with Gasteiger partial charge in [0.15, 0.2) is 5.13 Å². The number of carboxylic acids is 1. The van der Waals surface area contributed by atoms with E-state index >= 15 is 0 Å². The number of carboxylic acid groups (broad SMARTS) is 1. The van der Waals surface area contributed by atoms with E-state index in [1.54, 1.807) is 12.3 Å². The Morgan fingerprint density at radius 3 is 2.88 bits per heavy atom. The molecule has 1 aromatic heterocycles. The second-order valence-electron chi connectivity index (χ2n) is 5.46. The number of nitrogens with two attached hydrogens (primary N) is 1. The Balaban J connectivity index is 1.97. The van der Waals surface area contributed by atoms with Gasteiger partial charge in [-0.1, -0.05) is 5.16 Å². The molecule has 2 aliphatic rings. The molecule has 1 fully saturated rings. The number of fused-ring (bicyclic) bond motifs is 1. The smallest absolute Gasteiger partial charge is 0.352 e. The Hall–Kier alpha value is -2.60. The number of hydrogen-bond donors (Lipinski definition) is 2. The molecule has 0 bridgehead atoms. The summed E-state index contributed by atoms with van der Waals surface area (Å²) in [6, 6.07) is -0.903. The molecule has 26 heavy (non-hydrogen) atoms. The van der Waals surface area contributed by atoms with E-state index < -0.39 is 29.2 Å². The van der Waals surface area contributed by atoms with Gasteiger partial charge in [-0.15, -0.1) is 23.1 Å². The SMILES string of the molecule is CON=CC(=O)N(c1csc(N)n1)[C@@H]1C(=O)N2C(C(=O)O)=C(C)CS[C@H]12. The first-order valence-corrected chi connectivity index (χ1v) is 9.28. The van der Waals surface area contributed by atoms with Gasteiger partial charge in [0, 0.05) is 11.1 Å². The molecule has 2 atom stereocenters. The predicted molar refractivity (Wildman–Crippen MR) is 96.7 cm³/mol. The van der Waals surface area contributed by atoms with Crippen LogP contribution in [0.1, 0.15) is 6.92 Å². The molecule has 1 saturated heterocycles. The molecule has 10 nitrogen and oxygen atoms in total. The number of thiazole rings is 1. The number of amides is 2. The summed E-state index contributed by atoms with van der Waals surface area (Å²) in [6.45, 7) is 1.67. The summed E-state index contributed by atoms with van der Waals surface area (Å²) in [5, 5.41) is 14.1. The highest BCUT2D eigenvalue weighted by Gasteiger charge is 2.57. The van der Waals surface area contributed by atoms with E-state index in [1.165, 1.54) is 28.7 Å². The Morgan fingerprint density at radius 1 is 1.58 bits per heavy atom. The molecule has 1 aromatic rings. The maximum absolute atomic E-state index is 12.7. The number of β-lactam (4-membered cyclic amide) rings is 1. The van der Waals surface area contributed by atoms with Crippen molar-refractivity contribution in [1.82, 2.24) is 9.88 Å². The van der Waals surface area contributed by atoms with Crippen LogP contribution in [0.4, 0.5) is 10.9 Å². The van der Waals surface area contributed by atoms with E-state index in [0.717, 1.165) is 17.6 Å². The Bertz CT molecular complexity index is 835. The summed E-state index contributed by atoms with van der Waals surface area (Å²) in [5.74, 6) is -1.62. The minimum absolute atomic E-state index is 0.0363. The normalized spacial score (nSPS) is 22.2. The predicted octanol–water partition coefficient (Wildman–Crippen LogP) is 0.333. The molecule has 0 aliphatic carbocycles. The second kappa shape index (κ2) is 6.96. The van der Waals surface area contributed by atoms with Crippen molar-refractivity contribution in [2.24, 2.45) is 5.16 Å². The lowest BCUT2D eigenvalue weighted by Crippen LogP contribution is -2.71. The lowest BCUT2D eigenvalue weighted by atomic mass is 10.0. The Kier molecular flexibility index (Phi) is 4.87. The second-order valence-corrected chi connectivity index (χ2v) is 7.45. The van der Waals surface area contributed by atoms with Crippen molar-refractivity contribution in [2.75, 3.05) is 23.5 Å². The average Bonchev–Trinajstić information content (AvgIpc) is 3.02. The third-order valence-electron chi connectivity index (χ3n) is 3.87. The van der Waals surface area contributed by atoms with E-state index in [0.29, 0.717) is 11.3 Å². The number of aliphatic carboxylic acids is 1. The van der Waals surface area contributed by atoms with Crippen LogP contribution in [0.25, 0.3) is 0 Å². The zero-order valence-corrected chi connectivity index (χ0v) is 15.4. The first-order chi connectivity index (χ1) is 12.4. The molecule has 0 unspecified atom stereocenters. The highest BCUT2D eigenvalue weighted by molar-refractivity contribution is 8.00. The lowest BCUT2D eigenvalue weighted by Gasteiger charge is -2.51. The fourth-order valence-electron chi connectivity index (χ4n) is 2.80. The van der Waals surface area contributed by atoms with Crippen LogP contribution in [0, 0.1) is 0 Å². The van der Waals surface area contributed by atoms with Crippen LogP contribution in [0.3, 0.4) is 0 Å². The zero-order chi connectivity index (χ0) is 19.0. The van der Waals surface area contributed by atoms with Gasteiger partial charge in [0.2, 0.25) is 0 Å². The standard InChI is InChI=1S/C14H15N5O5S2/c1-6-4-25-12-10(11(21)19(12)9(6)13(22)23)18(8(20)3-16-24-2)7-5-26-14(15)17-7/h3,5,10,12H,4H2,1-2H3,(H2,15,17)(H,22,23)/t10-,12-/m1/s1. The molecule has 3 heterocycles. The summed E-state index contributed by atoms with van der Waals surface area (Å²) in [5.41, 5.74) is 6.21. The van der Waals surface area contributed by atoms with Crippen molar-refractivity contribution in [1.29, 1.82) is 0 Å². The van der Waals surface area contributed by atoms with E-state index in [-0.39, 0.29) is 16.6 Å². The molecule has 138 valence electrons. The number of aromatic nitrogens is 1. The number of anilines is 2. The fourth-order valence-corrected chi connectivity index (χ4v) is 4.68. The van der Waals surface area contributed by atoms with E-state index in [2.05, 4.69) is 15.0 Å². The average molecular weight is 397 g/mol. The number of hydrogen-bond acceptors (Lipinski definition) is 9. The highest BCUT2D eigenvalue weighted by atomic mass is 32.2. The number of nitrogens with zero attached hydrogens (tertiary/aromatic N) is 4. The van der Waals surface area contributed by atoms with Gasteiger partial charge in [-0.3, -0.25) is 19.4 Å². The van der Waals surface area contributed by atoms with Crippen molar-refractivity contribution >= 4 is 58.0 Å². The maximum atomic E-state index is 12.7. The third kappa shape index (κ3) is 2.90. The van der Waals surface area contributed by atoms with Gasteiger partial charge in [0.25, 0.3) is 11.8 Å². The zero-order valence-electron chi connectivity index (χ0n) is 13.8. The van der Waals surface area contributed by atoms with E-state index in [9.17, 15) is 19.5 Å². The number of carbonyl (C=O) groups excluding carboxylic acids is 2. The van der Waals surface area contributed by atoms with Crippen molar-refractivity contribution < 1.29 is 24.3 Å². The molecule has 3 N–H and O–H groups in total. The molecule has 0 saturated carbocycles. The summed E-state index contributed by atoms with van der Waals surface area (Å²) < 4.78 is 0. The maximum Gasteiger partial charge on any atom is 0.352 e. The van der Waals surface area contributed by atoms with Gasteiger partial charge < -0.3 is 15.7 Å². The van der Waals surface area contributed by atoms with Crippen LogP contribution >= 0.6 is 23.1 Å². The number of oxime groups is 1. The monoisotopic (exact) mass is 397 g/mol. The van der Waals surface area contributed by atoms with Crippen LogP contribution in [0.5, 0.6) is 0 Å². The van der Waals surface area contributed by atoms with Gasteiger partial charge >= 0.3 is 5.97 Å². The number of thioether (sulfide) groups is 1. The largest absolute Gasteiger partial charge is 0.477 e. The highest BCUT2D eigenvalue weighted by Crippen LogP contribution is 2.43. The fraction of sp³-hybridized carbons (Fsp3) is 0.357. The van der Waals surface area contributed by atoms with Gasteiger partial charge in [-0.05, 0) is 12.5 Å². The van der Waals surface area contributed by atoms with Crippen molar-refractivity contribution in [3.05, 3.63) is 16.7 Å². The summed E-state index contributed by atoms with van der Waals surface area (Å²) in [7, 11) is 1.29. The van der Waals surface area contributed by atoms with Crippen LogP contribution in [-0.2, 0) is 19.2 Å². The molecule has 0 spiro atoms. The van der Waals surface area contributed by atoms with Crippen LogP contribution in [-0.4, -0.2) is 63.3 Å². The number of nitrogen functional groups attached to an aromatic ring is 1. The first kappa shape index (κ1) is 18.2. The quantitative estimate of drug-likeness (QED) is 0.412. The molecular formula is C14H15N5O5S2. The van der Waals surface area contributed by atoms with Crippen LogP contribution < -0.4 is 10.6 Å². The number of rotatable bonds is 5. The first-order valence-electron chi connectivity index (χ1n) is 7.35. The van der Waals surface area contributed by atoms with Crippen LogP contribution in [0.15, 0.2) is 21.8 Å². The molecule has 0 aromatic carbocycles. The summed E-state index contributed by atoms with van der Waals surface area (Å²) >= 11 is 2.51. The van der Waals surface area contributed by atoms with E-state index in [4.69, 9.17) is 5.73 Å². The van der Waals surface area contributed by atoms with Gasteiger partial charge in [-0.2, -0.15) is 0 Å². The Morgan fingerprint density at radius 2 is 2.31 bits per heavy atom. The molecule has 3 rings (SSSR count). The molecule has 2 aliphatic heterocycles. The Labute approximate surface area is 156 Å². The van der Waals surface area contributed by atoms with Gasteiger partial charge in [0.1, 0.15) is 36.3 Å². The lowest BCUT2D eigenvalue weighted by molar-refractivity contribution is -0.148. The van der Waals surface area contributed by atoms with Crippen molar-refractivity contribution in [3.8, 4) is 0 Å². The molecule has 2 amide bonds. The molecule has 12 heteroatoms. The van der Waals surface area contributed by atoms with Crippen molar-refractivity contribution in [3.63, 3.8) is 0 Å². The summed E-state index contributed by atoms with van der Waals surface area (Å²) in [6.07, 6.45) is 0.929. The van der Waals surface area contributed by atoms with Crippen molar-refractivity contribution in [2.45, 2.75) is 18.3 Å². The van der Waals surface area contributed by atoms with Gasteiger partial charge in [-0.25, -0.2) is 9.78 Å². The minimum atomic E-state index is -1.17. The minimum Gasteiger partial charge on any atom is -0.477 e. The van der Waals surface area contributed by atoms with Gasteiger partial charge in [0.05, 0.1) is 0 Å². The molecular weight excluding hydrogens is 382 g/mol. The van der Waals surface area contributed by atoms with Crippen LogP contribution in [0.2, 0.25) is 0 Å². The third-order valence-corrected chi connectivity index (χ3v) is 5.95. The molecule has 0 radical (unpaired) electrons. The topological polar surface area (TPSA) is 138 Å².